The van der Waals surface area contributed by atoms with Gasteiger partial charge in [-0.2, -0.15) is 4.31 Å². The molecule has 0 aliphatic carbocycles. The highest BCUT2D eigenvalue weighted by atomic mass is 35.5. The van der Waals surface area contributed by atoms with Crippen molar-refractivity contribution in [2.45, 2.75) is 30.0 Å². The third-order valence-electron chi connectivity index (χ3n) is 4.62. The molecule has 1 atom stereocenters. The number of anilines is 1. The van der Waals surface area contributed by atoms with Crippen LogP contribution in [0.25, 0.3) is 0 Å². The van der Waals surface area contributed by atoms with Crippen molar-refractivity contribution < 1.29 is 27.5 Å². The molecule has 9 nitrogen and oxygen atoms in total. The van der Waals surface area contributed by atoms with Crippen LogP contribution in [0.2, 0.25) is 4.34 Å². The second-order valence-electron chi connectivity index (χ2n) is 6.44. The largest absolute Gasteiger partial charge is 0.465 e. The first-order valence-corrected chi connectivity index (χ1v) is 12.1. The van der Waals surface area contributed by atoms with Gasteiger partial charge in [0.05, 0.1) is 17.0 Å². The van der Waals surface area contributed by atoms with E-state index in [0.29, 0.717) is 22.7 Å². The summed E-state index contributed by atoms with van der Waals surface area (Å²) in [5, 5.41) is 2.65. The number of esters is 1. The third-order valence-corrected chi connectivity index (χ3v) is 9.41. The summed E-state index contributed by atoms with van der Waals surface area (Å²) in [4.78, 5) is 36.9. The number of hydrogen-bond acceptors (Lipinski definition) is 8. The van der Waals surface area contributed by atoms with E-state index in [2.05, 4.69) is 5.32 Å². The molecule has 1 aliphatic heterocycles. The monoisotopic (exact) mass is 491 g/mol. The van der Waals surface area contributed by atoms with Crippen LogP contribution in [0.15, 0.2) is 16.3 Å². The van der Waals surface area contributed by atoms with Gasteiger partial charge in [-0.1, -0.05) is 11.6 Å². The van der Waals surface area contributed by atoms with Gasteiger partial charge >= 0.3 is 5.97 Å². The first-order valence-electron chi connectivity index (χ1n) is 8.67. The fourth-order valence-corrected chi connectivity index (χ4v) is 7.62. The number of primary amides is 1. The summed E-state index contributed by atoms with van der Waals surface area (Å²) >= 11 is 7.62. The van der Waals surface area contributed by atoms with Crippen molar-refractivity contribution in [1.29, 1.82) is 0 Å². The van der Waals surface area contributed by atoms with Crippen LogP contribution < -0.4 is 11.1 Å². The van der Waals surface area contributed by atoms with Gasteiger partial charge in [-0.05, 0) is 37.5 Å². The number of halogens is 1. The molecule has 3 rings (SSSR count). The van der Waals surface area contributed by atoms with Crippen molar-refractivity contribution in [2.24, 2.45) is 5.73 Å². The molecular formula is C17H18ClN3O6S3. The van der Waals surface area contributed by atoms with E-state index < -0.39 is 33.8 Å². The highest BCUT2D eigenvalue weighted by Gasteiger charge is 2.40. The minimum Gasteiger partial charge on any atom is -0.465 e. The van der Waals surface area contributed by atoms with Gasteiger partial charge in [0.2, 0.25) is 5.91 Å². The molecule has 162 valence electrons. The zero-order valence-corrected chi connectivity index (χ0v) is 19.1. The Morgan fingerprint density at radius 3 is 2.57 bits per heavy atom. The van der Waals surface area contributed by atoms with Crippen LogP contribution in [0, 0.1) is 6.92 Å². The molecule has 3 heterocycles. The summed E-state index contributed by atoms with van der Waals surface area (Å²) in [6.07, 6.45) is 0.806. The fraction of sp³-hybridized carbons (Fsp3) is 0.353. The summed E-state index contributed by atoms with van der Waals surface area (Å²) in [6.45, 7) is 1.70. The van der Waals surface area contributed by atoms with Crippen LogP contribution in [0.3, 0.4) is 0 Å². The topological polar surface area (TPSA) is 136 Å². The number of amides is 2. The molecule has 2 amide bonds. The normalized spacial score (nSPS) is 17.1. The zero-order valence-electron chi connectivity index (χ0n) is 15.9. The van der Waals surface area contributed by atoms with Gasteiger partial charge in [-0.25, -0.2) is 13.2 Å². The molecule has 0 spiro atoms. The number of carbonyl (C=O) groups excluding carboxylic acids is 3. The molecule has 0 aromatic carbocycles. The maximum Gasteiger partial charge on any atom is 0.348 e. The van der Waals surface area contributed by atoms with E-state index in [1.165, 1.54) is 26.2 Å². The number of nitrogens with one attached hydrogen (secondary N) is 1. The zero-order chi connectivity index (χ0) is 22.2. The van der Waals surface area contributed by atoms with E-state index in [1.807, 2.05) is 0 Å². The Morgan fingerprint density at radius 1 is 1.30 bits per heavy atom. The van der Waals surface area contributed by atoms with Crippen LogP contribution >= 0.6 is 34.3 Å². The molecule has 2 aromatic heterocycles. The minimum atomic E-state index is -3.91. The number of thiophene rings is 2. The molecule has 0 saturated carbocycles. The second-order valence-corrected chi connectivity index (χ2v) is 11.3. The summed E-state index contributed by atoms with van der Waals surface area (Å²) < 4.78 is 32.1. The standard InChI is InChI=1S/C17H18ClN3O6S3/c1-8-12(14(19)22)16(29-13(8)17(24)27-2)20-15(23)9-4-3-7-21(9)30(25,26)11-6-5-10(18)28-11/h5-6,9H,3-4,7H2,1-2H3,(H2,19,22)(H,20,23). The number of hydrogen-bond donors (Lipinski definition) is 2. The van der Waals surface area contributed by atoms with E-state index in [1.54, 1.807) is 0 Å². The fourth-order valence-electron chi connectivity index (χ4n) is 3.22. The Balaban J connectivity index is 1.90. The van der Waals surface area contributed by atoms with Crippen molar-refractivity contribution in [3.8, 4) is 0 Å². The molecule has 0 bridgehead atoms. The molecule has 1 fully saturated rings. The Labute approximate surface area is 185 Å². The average Bonchev–Trinajstić information content (AvgIpc) is 3.40. The van der Waals surface area contributed by atoms with Crippen molar-refractivity contribution >= 4 is 67.1 Å². The molecule has 13 heteroatoms. The van der Waals surface area contributed by atoms with Gasteiger partial charge in [0.25, 0.3) is 15.9 Å². The number of nitrogens with zero attached hydrogens (tertiary/aromatic N) is 1. The summed E-state index contributed by atoms with van der Waals surface area (Å²) in [5.74, 6) is -2.10. The highest BCUT2D eigenvalue weighted by molar-refractivity contribution is 7.91. The first kappa shape index (κ1) is 22.7. The Hall–Kier alpha value is -1.99. The van der Waals surface area contributed by atoms with Crippen molar-refractivity contribution in [3.05, 3.63) is 32.5 Å². The lowest BCUT2D eigenvalue weighted by Gasteiger charge is -2.22. The van der Waals surface area contributed by atoms with Gasteiger partial charge in [0, 0.05) is 6.54 Å². The number of rotatable bonds is 6. The molecule has 30 heavy (non-hydrogen) atoms. The van der Waals surface area contributed by atoms with Crippen LogP contribution in [0.1, 0.15) is 38.4 Å². The summed E-state index contributed by atoms with van der Waals surface area (Å²) in [6, 6.07) is 1.90. The maximum atomic E-state index is 12.9. The Kier molecular flexibility index (Phi) is 6.53. The molecule has 1 unspecified atom stereocenters. The number of methoxy groups -OCH3 is 1. The predicted molar refractivity (Wildman–Crippen MR) is 114 cm³/mol. The van der Waals surface area contributed by atoms with Crippen molar-refractivity contribution in [3.63, 3.8) is 0 Å². The van der Waals surface area contributed by atoms with Gasteiger partial charge in [-0.3, -0.25) is 9.59 Å². The van der Waals surface area contributed by atoms with Gasteiger partial charge < -0.3 is 15.8 Å². The van der Waals surface area contributed by atoms with Gasteiger partial charge in [0.15, 0.2) is 0 Å². The van der Waals surface area contributed by atoms with E-state index in [-0.39, 0.29) is 26.2 Å². The van der Waals surface area contributed by atoms with E-state index in [4.69, 9.17) is 22.1 Å². The van der Waals surface area contributed by atoms with E-state index in [9.17, 15) is 22.8 Å². The number of nitrogens with two attached hydrogens (primary N) is 1. The molecule has 1 aliphatic rings. The number of ether oxygens (including phenoxy) is 1. The number of carbonyl (C=O) groups is 3. The predicted octanol–water partition coefficient (Wildman–Crippen LogP) is 2.45. The van der Waals surface area contributed by atoms with E-state index in [0.717, 1.165) is 27.0 Å². The van der Waals surface area contributed by atoms with E-state index >= 15 is 0 Å². The minimum absolute atomic E-state index is 0.00815. The highest BCUT2D eigenvalue weighted by Crippen LogP contribution is 2.35. The lowest BCUT2D eigenvalue weighted by atomic mass is 10.1. The maximum absolute atomic E-state index is 12.9. The summed E-state index contributed by atoms with van der Waals surface area (Å²) in [5.41, 5.74) is 5.70. The molecular weight excluding hydrogens is 474 g/mol. The average molecular weight is 492 g/mol. The van der Waals surface area contributed by atoms with Crippen LogP contribution in [0.5, 0.6) is 0 Å². The second kappa shape index (κ2) is 8.63. The molecule has 1 saturated heterocycles. The Morgan fingerprint density at radius 2 is 2.00 bits per heavy atom. The number of sulfonamides is 1. The molecule has 0 radical (unpaired) electrons. The molecule has 3 N–H and O–H groups in total. The van der Waals surface area contributed by atoms with Gasteiger partial charge in [0.1, 0.15) is 20.1 Å². The van der Waals surface area contributed by atoms with Crippen LogP contribution in [0.4, 0.5) is 5.00 Å². The third kappa shape index (κ3) is 4.10. The van der Waals surface area contributed by atoms with Crippen LogP contribution in [-0.2, 0) is 19.6 Å². The quantitative estimate of drug-likeness (QED) is 0.595. The Bertz CT molecular complexity index is 1120. The van der Waals surface area contributed by atoms with Crippen molar-refractivity contribution in [1.82, 2.24) is 4.31 Å². The first-order chi connectivity index (χ1) is 14.1. The van der Waals surface area contributed by atoms with Crippen LogP contribution in [-0.4, -0.2) is 50.2 Å². The SMILES string of the molecule is COC(=O)c1sc(NC(=O)C2CCCN2S(=O)(=O)c2ccc(Cl)s2)c(C(N)=O)c1C. The van der Waals surface area contributed by atoms with Gasteiger partial charge in [-0.15, -0.1) is 22.7 Å². The lowest BCUT2D eigenvalue weighted by Crippen LogP contribution is -2.43. The summed E-state index contributed by atoms with van der Waals surface area (Å²) in [7, 11) is -2.71. The van der Waals surface area contributed by atoms with Crippen molar-refractivity contribution in [2.75, 3.05) is 19.0 Å². The lowest BCUT2D eigenvalue weighted by molar-refractivity contribution is -0.119. The molecule has 2 aromatic rings. The smallest absolute Gasteiger partial charge is 0.348 e.